The van der Waals surface area contributed by atoms with Crippen molar-refractivity contribution in [3.63, 3.8) is 0 Å². The molecule has 2 N–H and O–H groups in total. The normalized spacial score (nSPS) is 11.8. The van der Waals surface area contributed by atoms with Gasteiger partial charge in [-0.2, -0.15) is 4.39 Å². The third-order valence-electron chi connectivity index (χ3n) is 2.85. The summed E-state index contributed by atoms with van der Waals surface area (Å²) in [6, 6.07) is 1.21. The largest absolute Gasteiger partial charge is 0.481 e. The van der Waals surface area contributed by atoms with E-state index >= 15 is 0 Å². The Hall–Kier alpha value is -2.58. The molecule has 1 aromatic carbocycles. The minimum Gasteiger partial charge on any atom is -0.481 e. The minimum atomic E-state index is -1.60. The molecule has 0 heterocycles. The highest BCUT2D eigenvalue weighted by atomic mass is 19.1. The monoisotopic (exact) mass is 302 g/mol. The van der Waals surface area contributed by atoms with Gasteiger partial charge in [-0.15, -0.1) is 0 Å². The predicted octanol–water partition coefficient (Wildman–Crippen LogP) is 1.71. The summed E-state index contributed by atoms with van der Waals surface area (Å²) in [5.74, 6) is -6.19. The SMILES string of the molecule is CCC(CNC(=O)c1c(F)ccc([N+](=O)[O-])c1F)C(=O)O. The van der Waals surface area contributed by atoms with Gasteiger partial charge in [-0.3, -0.25) is 19.7 Å². The van der Waals surface area contributed by atoms with Crippen LogP contribution in [-0.2, 0) is 4.79 Å². The number of carbonyl (C=O) groups is 2. The highest BCUT2D eigenvalue weighted by Crippen LogP contribution is 2.23. The van der Waals surface area contributed by atoms with E-state index in [2.05, 4.69) is 5.32 Å². The number of nitro benzene ring substituents is 1. The molecule has 0 aliphatic carbocycles. The molecule has 0 aromatic heterocycles. The standard InChI is InChI=1S/C12H12F2N2O5/c1-2-6(12(18)19)5-15-11(17)9-7(13)3-4-8(10(9)14)16(20)21/h3-4,6H,2,5H2,1H3,(H,15,17)(H,18,19). The van der Waals surface area contributed by atoms with Crippen LogP contribution >= 0.6 is 0 Å². The van der Waals surface area contributed by atoms with E-state index in [1.54, 1.807) is 6.92 Å². The molecule has 1 amide bonds. The maximum absolute atomic E-state index is 13.7. The molecule has 0 bridgehead atoms. The lowest BCUT2D eigenvalue weighted by atomic mass is 10.1. The van der Waals surface area contributed by atoms with E-state index in [1.165, 1.54) is 0 Å². The van der Waals surface area contributed by atoms with Gasteiger partial charge in [-0.05, 0) is 12.5 Å². The molecule has 0 fully saturated rings. The molecule has 0 aliphatic rings. The van der Waals surface area contributed by atoms with E-state index in [0.29, 0.717) is 12.1 Å². The number of carboxylic acids is 1. The zero-order valence-corrected chi connectivity index (χ0v) is 10.9. The second kappa shape index (κ2) is 6.73. The number of hydrogen-bond donors (Lipinski definition) is 2. The summed E-state index contributed by atoms with van der Waals surface area (Å²) >= 11 is 0. The molecular weight excluding hydrogens is 290 g/mol. The summed E-state index contributed by atoms with van der Waals surface area (Å²) in [6.45, 7) is 1.23. The third-order valence-corrected chi connectivity index (χ3v) is 2.85. The smallest absolute Gasteiger partial charge is 0.308 e. The number of benzene rings is 1. The lowest BCUT2D eigenvalue weighted by Gasteiger charge is -2.11. The molecule has 0 radical (unpaired) electrons. The molecule has 0 saturated heterocycles. The molecule has 1 rings (SSSR count). The zero-order chi connectivity index (χ0) is 16.2. The fraction of sp³-hybridized carbons (Fsp3) is 0.333. The molecule has 0 spiro atoms. The van der Waals surface area contributed by atoms with Crippen LogP contribution in [0.4, 0.5) is 14.5 Å². The summed E-state index contributed by atoms with van der Waals surface area (Å²) in [4.78, 5) is 31.9. The first-order chi connectivity index (χ1) is 9.79. The number of amides is 1. The van der Waals surface area contributed by atoms with Gasteiger partial charge in [0.25, 0.3) is 5.91 Å². The van der Waals surface area contributed by atoms with Crippen LogP contribution in [0.1, 0.15) is 23.7 Å². The number of rotatable bonds is 6. The Morgan fingerprint density at radius 1 is 1.43 bits per heavy atom. The summed E-state index contributed by atoms with van der Waals surface area (Å²) < 4.78 is 27.2. The van der Waals surface area contributed by atoms with Gasteiger partial charge in [0.2, 0.25) is 5.82 Å². The Morgan fingerprint density at radius 2 is 2.05 bits per heavy atom. The highest BCUT2D eigenvalue weighted by Gasteiger charge is 2.27. The maximum atomic E-state index is 13.7. The summed E-state index contributed by atoms with van der Waals surface area (Å²) in [5, 5.41) is 21.4. The molecule has 1 atom stereocenters. The number of nitro groups is 1. The molecular formula is C12H12F2N2O5. The van der Waals surface area contributed by atoms with E-state index in [9.17, 15) is 28.5 Å². The molecule has 9 heteroatoms. The van der Waals surface area contributed by atoms with Crippen LogP contribution in [0, 0.1) is 27.7 Å². The van der Waals surface area contributed by atoms with Crippen LogP contribution < -0.4 is 5.32 Å². The second-order valence-electron chi connectivity index (χ2n) is 4.17. The van der Waals surface area contributed by atoms with Crippen LogP contribution in [0.3, 0.4) is 0 Å². The van der Waals surface area contributed by atoms with Gasteiger partial charge >= 0.3 is 11.7 Å². The summed E-state index contributed by atoms with van der Waals surface area (Å²) in [7, 11) is 0. The van der Waals surface area contributed by atoms with Crippen molar-refractivity contribution in [1.29, 1.82) is 0 Å². The minimum absolute atomic E-state index is 0.204. The number of nitrogens with one attached hydrogen (secondary N) is 1. The topological polar surface area (TPSA) is 110 Å². The average molecular weight is 302 g/mol. The molecule has 1 aromatic rings. The first kappa shape index (κ1) is 16.5. The van der Waals surface area contributed by atoms with Crippen LogP contribution in [0.2, 0.25) is 0 Å². The molecule has 0 saturated carbocycles. The van der Waals surface area contributed by atoms with E-state index in [4.69, 9.17) is 5.11 Å². The van der Waals surface area contributed by atoms with Gasteiger partial charge in [0.05, 0.1) is 10.8 Å². The number of carbonyl (C=O) groups excluding carboxylic acids is 1. The third kappa shape index (κ3) is 3.71. The highest BCUT2D eigenvalue weighted by molar-refractivity contribution is 5.95. The van der Waals surface area contributed by atoms with Crippen molar-refractivity contribution in [3.8, 4) is 0 Å². The van der Waals surface area contributed by atoms with Gasteiger partial charge < -0.3 is 10.4 Å². The molecule has 114 valence electrons. The van der Waals surface area contributed by atoms with Crippen molar-refractivity contribution < 1.29 is 28.4 Å². The maximum Gasteiger partial charge on any atom is 0.308 e. The van der Waals surface area contributed by atoms with Gasteiger partial charge in [0, 0.05) is 12.6 Å². The van der Waals surface area contributed by atoms with E-state index in [1.807, 2.05) is 0 Å². The fourth-order valence-electron chi connectivity index (χ4n) is 1.60. The number of aliphatic carboxylic acids is 1. The van der Waals surface area contributed by atoms with E-state index in [-0.39, 0.29) is 13.0 Å². The van der Waals surface area contributed by atoms with Crippen LogP contribution in [0.25, 0.3) is 0 Å². The Labute approximate surface area is 117 Å². The number of halogens is 2. The first-order valence-electron chi connectivity index (χ1n) is 5.93. The molecule has 21 heavy (non-hydrogen) atoms. The van der Waals surface area contributed by atoms with E-state index in [0.717, 1.165) is 0 Å². The Kier molecular flexibility index (Phi) is 5.28. The van der Waals surface area contributed by atoms with Crippen molar-refractivity contribution in [3.05, 3.63) is 39.4 Å². The average Bonchev–Trinajstić information content (AvgIpc) is 2.38. The second-order valence-corrected chi connectivity index (χ2v) is 4.17. The molecule has 0 aliphatic heterocycles. The van der Waals surface area contributed by atoms with Crippen molar-refractivity contribution >= 4 is 17.6 Å². The van der Waals surface area contributed by atoms with Crippen molar-refractivity contribution in [1.82, 2.24) is 5.32 Å². The Morgan fingerprint density at radius 3 is 2.52 bits per heavy atom. The van der Waals surface area contributed by atoms with Crippen molar-refractivity contribution in [2.75, 3.05) is 6.54 Å². The van der Waals surface area contributed by atoms with Crippen LogP contribution in [0.15, 0.2) is 12.1 Å². The first-order valence-corrected chi connectivity index (χ1v) is 5.93. The van der Waals surface area contributed by atoms with Gasteiger partial charge in [0.15, 0.2) is 0 Å². The number of hydrogen-bond acceptors (Lipinski definition) is 4. The Bertz CT molecular complexity index is 591. The van der Waals surface area contributed by atoms with Crippen molar-refractivity contribution in [2.45, 2.75) is 13.3 Å². The van der Waals surface area contributed by atoms with Gasteiger partial charge in [-0.1, -0.05) is 6.92 Å². The number of nitrogens with zero attached hydrogens (tertiary/aromatic N) is 1. The Balaban J connectivity index is 3.00. The lowest BCUT2D eigenvalue weighted by molar-refractivity contribution is -0.387. The quantitative estimate of drug-likeness (QED) is 0.614. The van der Waals surface area contributed by atoms with Crippen LogP contribution in [0.5, 0.6) is 0 Å². The fourth-order valence-corrected chi connectivity index (χ4v) is 1.60. The van der Waals surface area contributed by atoms with Gasteiger partial charge in [-0.25, -0.2) is 4.39 Å². The lowest BCUT2D eigenvalue weighted by Crippen LogP contribution is -2.33. The van der Waals surface area contributed by atoms with Crippen molar-refractivity contribution in [2.24, 2.45) is 5.92 Å². The zero-order valence-electron chi connectivity index (χ0n) is 10.9. The van der Waals surface area contributed by atoms with Crippen LogP contribution in [-0.4, -0.2) is 28.5 Å². The molecule has 7 nitrogen and oxygen atoms in total. The number of carboxylic acid groups (broad SMARTS) is 1. The summed E-state index contributed by atoms with van der Waals surface area (Å²) in [5.41, 5.74) is -2.14. The summed E-state index contributed by atoms with van der Waals surface area (Å²) in [6.07, 6.45) is 0.204. The predicted molar refractivity (Wildman–Crippen MR) is 66.8 cm³/mol. The molecule has 1 unspecified atom stereocenters. The van der Waals surface area contributed by atoms with Gasteiger partial charge in [0.1, 0.15) is 11.4 Å². The van der Waals surface area contributed by atoms with E-state index < -0.39 is 45.6 Å².